The zero-order valence-electron chi connectivity index (χ0n) is 14.1. The Morgan fingerprint density at radius 2 is 2.04 bits per heavy atom. The molecule has 1 aromatic carbocycles. The van der Waals surface area contributed by atoms with Gasteiger partial charge in [-0.05, 0) is 18.2 Å². The normalized spacial score (nSPS) is 11.2. The predicted molar refractivity (Wildman–Crippen MR) is 101 cm³/mol. The average molecular weight is 352 g/mol. The second-order valence-electron chi connectivity index (χ2n) is 5.81. The zero-order chi connectivity index (χ0) is 17.6. The van der Waals surface area contributed by atoms with Gasteiger partial charge in [-0.3, -0.25) is 9.36 Å². The van der Waals surface area contributed by atoms with Crippen molar-refractivity contribution in [1.82, 2.24) is 14.5 Å². The molecule has 4 aromatic rings. The van der Waals surface area contributed by atoms with Gasteiger partial charge in [0.2, 0.25) is 0 Å². The molecule has 7 heteroatoms. The van der Waals surface area contributed by atoms with E-state index in [1.807, 2.05) is 49.3 Å². The highest BCUT2D eigenvalue weighted by Gasteiger charge is 2.17. The van der Waals surface area contributed by atoms with Crippen molar-refractivity contribution in [2.75, 3.05) is 26.1 Å². The van der Waals surface area contributed by atoms with Crippen molar-refractivity contribution in [2.24, 2.45) is 0 Å². The highest BCUT2D eigenvalue weighted by Crippen LogP contribution is 2.35. The number of thiophene rings is 1. The van der Waals surface area contributed by atoms with Gasteiger partial charge in [0.15, 0.2) is 0 Å². The first-order valence-corrected chi connectivity index (χ1v) is 8.52. The number of pyridine rings is 1. The van der Waals surface area contributed by atoms with E-state index < -0.39 is 0 Å². The van der Waals surface area contributed by atoms with Crippen molar-refractivity contribution in [3.63, 3.8) is 0 Å². The first kappa shape index (κ1) is 15.6. The van der Waals surface area contributed by atoms with Gasteiger partial charge in [0.05, 0.1) is 29.4 Å². The van der Waals surface area contributed by atoms with Crippen LogP contribution in [0.5, 0.6) is 5.75 Å². The molecule has 3 aromatic heterocycles. The van der Waals surface area contributed by atoms with E-state index in [1.165, 1.54) is 15.9 Å². The van der Waals surface area contributed by atoms with E-state index >= 15 is 0 Å². The second-order valence-corrected chi connectivity index (χ2v) is 6.80. The standard InChI is InChI=1S/C18H16N4O2S/c1-21(2)13-7-8-19-17-14(13)15-16(25-17)18(23)22(10-20-15)11-5-4-6-12(9-11)24-3/h4-10H,1-3H3. The summed E-state index contributed by atoms with van der Waals surface area (Å²) in [5.74, 6) is 0.692. The van der Waals surface area contributed by atoms with Crippen LogP contribution in [0.1, 0.15) is 0 Å². The molecule has 0 amide bonds. The Morgan fingerprint density at radius 3 is 2.80 bits per heavy atom. The summed E-state index contributed by atoms with van der Waals surface area (Å²) in [5.41, 5.74) is 2.31. The van der Waals surface area contributed by atoms with Gasteiger partial charge in [-0.25, -0.2) is 9.97 Å². The Bertz CT molecular complexity index is 1150. The molecule has 0 unspecified atom stereocenters. The van der Waals surface area contributed by atoms with E-state index in [0.717, 1.165) is 21.6 Å². The van der Waals surface area contributed by atoms with Crippen LogP contribution in [0.25, 0.3) is 26.1 Å². The SMILES string of the molecule is COc1cccc(-n2cnc3c(sc4nccc(N(C)C)c43)c2=O)c1. The Labute approximate surface area is 147 Å². The molecule has 4 rings (SSSR count). The molecule has 0 atom stereocenters. The topological polar surface area (TPSA) is 60.2 Å². The molecule has 0 aliphatic rings. The number of ether oxygens (including phenoxy) is 1. The fourth-order valence-corrected chi connectivity index (χ4v) is 3.90. The minimum absolute atomic E-state index is 0.106. The van der Waals surface area contributed by atoms with Crippen LogP contribution in [0.2, 0.25) is 0 Å². The van der Waals surface area contributed by atoms with Crippen molar-refractivity contribution in [3.8, 4) is 11.4 Å². The third-order valence-electron chi connectivity index (χ3n) is 4.07. The maximum Gasteiger partial charge on any atom is 0.275 e. The predicted octanol–water partition coefficient (Wildman–Crippen LogP) is 3.07. The molecule has 6 nitrogen and oxygen atoms in total. The van der Waals surface area contributed by atoms with Gasteiger partial charge in [-0.2, -0.15) is 0 Å². The largest absolute Gasteiger partial charge is 0.497 e. The maximum atomic E-state index is 13.0. The molecule has 0 radical (unpaired) electrons. The molecule has 0 aliphatic carbocycles. The number of rotatable bonds is 3. The van der Waals surface area contributed by atoms with Crippen LogP contribution in [-0.2, 0) is 0 Å². The molecule has 3 heterocycles. The molecule has 126 valence electrons. The van der Waals surface area contributed by atoms with E-state index in [9.17, 15) is 4.79 Å². The van der Waals surface area contributed by atoms with Crippen molar-refractivity contribution in [3.05, 3.63) is 53.2 Å². The molecule has 0 fully saturated rings. The fourth-order valence-electron chi connectivity index (χ4n) is 2.85. The van der Waals surface area contributed by atoms with Crippen LogP contribution in [0.15, 0.2) is 47.7 Å². The molecule has 0 spiro atoms. The number of hydrogen-bond donors (Lipinski definition) is 0. The number of aromatic nitrogens is 3. The molecule has 0 bridgehead atoms. The third-order valence-corrected chi connectivity index (χ3v) is 5.15. The van der Waals surface area contributed by atoms with Crippen molar-refractivity contribution >= 4 is 37.5 Å². The quantitative estimate of drug-likeness (QED) is 0.567. The summed E-state index contributed by atoms with van der Waals surface area (Å²) in [6.45, 7) is 0. The highest BCUT2D eigenvalue weighted by molar-refractivity contribution is 7.25. The lowest BCUT2D eigenvalue weighted by molar-refractivity contribution is 0.414. The van der Waals surface area contributed by atoms with E-state index in [4.69, 9.17) is 4.74 Å². The third kappa shape index (κ3) is 2.44. The van der Waals surface area contributed by atoms with Crippen LogP contribution < -0.4 is 15.2 Å². The van der Waals surface area contributed by atoms with Crippen LogP contribution in [-0.4, -0.2) is 35.7 Å². The summed E-state index contributed by atoms with van der Waals surface area (Å²) in [6.07, 6.45) is 3.33. The minimum atomic E-state index is -0.106. The molecule has 0 saturated heterocycles. The fraction of sp³-hybridized carbons (Fsp3) is 0.167. The molecule has 0 saturated carbocycles. The van der Waals surface area contributed by atoms with E-state index in [1.54, 1.807) is 19.6 Å². The van der Waals surface area contributed by atoms with Gasteiger partial charge >= 0.3 is 0 Å². The van der Waals surface area contributed by atoms with Gasteiger partial charge < -0.3 is 9.64 Å². The summed E-state index contributed by atoms with van der Waals surface area (Å²) < 4.78 is 7.38. The second kappa shape index (κ2) is 5.86. The van der Waals surface area contributed by atoms with Crippen molar-refractivity contribution in [1.29, 1.82) is 0 Å². The molecule has 0 N–H and O–H groups in total. The number of benzene rings is 1. The van der Waals surface area contributed by atoms with Crippen LogP contribution in [0.3, 0.4) is 0 Å². The molecule has 25 heavy (non-hydrogen) atoms. The first-order valence-electron chi connectivity index (χ1n) is 7.71. The Balaban J connectivity index is 2.02. The van der Waals surface area contributed by atoms with Gasteiger partial charge in [0.25, 0.3) is 5.56 Å². The van der Waals surface area contributed by atoms with Gasteiger partial charge in [0, 0.05) is 26.4 Å². The average Bonchev–Trinajstić information content (AvgIpc) is 3.01. The first-order chi connectivity index (χ1) is 12.1. The zero-order valence-corrected chi connectivity index (χ0v) is 14.9. The van der Waals surface area contributed by atoms with Gasteiger partial charge in [-0.15, -0.1) is 11.3 Å². The van der Waals surface area contributed by atoms with Crippen molar-refractivity contribution in [2.45, 2.75) is 0 Å². The Morgan fingerprint density at radius 1 is 1.20 bits per heavy atom. The number of fused-ring (bicyclic) bond motifs is 3. The summed E-state index contributed by atoms with van der Waals surface area (Å²) in [5, 5.41) is 0.919. The van der Waals surface area contributed by atoms with E-state index in [-0.39, 0.29) is 5.56 Å². The van der Waals surface area contributed by atoms with Crippen LogP contribution in [0, 0.1) is 0 Å². The Hall–Kier alpha value is -2.93. The molecular formula is C18H16N4O2S. The molecule has 0 aliphatic heterocycles. The Kier molecular flexibility index (Phi) is 3.65. The molecular weight excluding hydrogens is 336 g/mol. The number of anilines is 1. The number of nitrogens with zero attached hydrogens (tertiary/aromatic N) is 4. The summed E-state index contributed by atoms with van der Waals surface area (Å²) in [6, 6.07) is 9.29. The van der Waals surface area contributed by atoms with Crippen molar-refractivity contribution < 1.29 is 4.74 Å². The summed E-state index contributed by atoms with van der Waals surface area (Å²) in [7, 11) is 5.54. The van der Waals surface area contributed by atoms with Crippen LogP contribution in [0.4, 0.5) is 5.69 Å². The lowest BCUT2D eigenvalue weighted by atomic mass is 10.2. The summed E-state index contributed by atoms with van der Waals surface area (Å²) >= 11 is 1.37. The monoisotopic (exact) mass is 352 g/mol. The number of hydrogen-bond acceptors (Lipinski definition) is 6. The lowest BCUT2D eigenvalue weighted by Gasteiger charge is -2.13. The number of methoxy groups -OCH3 is 1. The van der Waals surface area contributed by atoms with Gasteiger partial charge in [0.1, 0.15) is 21.6 Å². The van der Waals surface area contributed by atoms with Gasteiger partial charge in [-0.1, -0.05) is 6.07 Å². The van der Waals surface area contributed by atoms with E-state index in [0.29, 0.717) is 16.0 Å². The smallest absolute Gasteiger partial charge is 0.275 e. The minimum Gasteiger partial charge on any atom is -0.497 e. The summed E-state index contributed by atoms with van der Waals surface area (Å²) in [4.78, 5) is 24.8. The lowest BCUT2D eigenvalue weighted by Crippen LogP contribution is -2.17. The van der Waals surface area contributed by atoms with Crippen LogP contribution >= 0.6 is 11.3 Å². The van der Waals surface area contributed by atoms with E-state index in [2.05, 4.69) is 9.97 Å². The maximum absolute atomic E-state index is 13.0. The highest BCUT2D eigenvalue weighted by atomic mass is 32.1.